The first-order valence-electron chi connectivity index (χ1n) is 4.61. The second kappa shape index (κ2) is 5.74. The van der Waals surface area contributed by atoms with Crippen molar-refractivity contribution in [3.8, 4) is 6.01 Å². The molecule has 80 valence electrons. The fraction of sp³-hybridized carbons (Fsp3) is 0.300. The Labute approximate surface area is 88.2 Å². The molecule has 0 aliphatic carbocycles. The maximum absolute atomic E-state index is 10.9. The lowest BCUT2D eigenvalue weighted by Gasteiger charge is -1.99. The summed E-state index contributed by atoms with van der Waals surface area (Å²) in [5.41, 5.74) is 0.752. The standard InChI is InChI=1S/C10H13N3O2/c1-3-15-10-12-6-8(7-13-10)4-5-9(14)11-2/h4-7H,3H2,1-2H3,(H,11,14)/b5-4+. The third-order valence-electron chi connectivity index (χ3n) is 1.60. The molecule has 0 aromatic carbocycles. The topological polar surface area (TPSA) is 64.1 Å². The Morgan fingerprint density at radius 2 is 2.20 bits per heavy atom. The van der Waals surface area contributed by atoms with Crippen molar-refractivity contribution in [3.63, 3.8) is 0 Å². The molecule has 0 aliphatic rings. The molecule has 0 saturated heterocycles. The maximum Gasteiger partial charge on any atom is 0.316 e. The Morgan fingerprint density at radius 1 is 1.53 bits per heavy atom. The Kier molecular flexibility index (Phi) is 4.28. The van der Waals surface area contributed by atoms with Gasteiger partial charge in [-0.25, -0.2) is 9.97 Å². The molecule has 0 radical (unpaired) electrons. The van der Waals surface area contributed by atoms with E-state index in [1.165, 1.54) is 6.08 Å². The van der Waals surface area contributed by atoms with Crippen molar-refractivity contribution in [2.45, 2.75) is 6.92 Å². The highest BCUT2D eigenvalue weighted by atomic mass is 16.5. The van der Waals surface area contributed by atoms with Crippen molar-refractivity contribution in [1.29, 1.82) is 0 Å². The quantitative estimate of drug-likeness (QED) is 0.736. The van der Waals surface area contributed by atoms with Crippen molar-refractivity contribution in [1.82, 2.24) is 15.3 Å². The van der Waals surface area contributed by atoms with Gasteiger partial charge in [0.05, 0.1) is 6.61 Å². The molecule has 15 heavy (non-hydrogen) atoms. The zero-order chi connectivity index (χ0) is 11.1. The monoisotopic (exact) mass is 207 g/mol. The minimum atomic E-state index is -0.163. The van der Waals surface area contributed by atoms with Crippen molar-refractivity contribution in [3.05, 3.63) is 24.0 Å². The van der Waals surface area contributed by atoms with Gasteiger partial charge in [0.15, 0.2) is 0 Å². The Hall–Kier alpha value is -1.91. The molecular formula is C10H13N3O2. The van der Waals surface area contributed by atoms with Crippen molar-refractivity contribution < 1.29 is 9.53 Å². The Bertz CT molecular complexity index is 346. The van der Waals surface area contributed by atoms with Gasteiger partial charge >= 0.3 is 6.01 Å². The molecule has 0 spiro atoms. The van der Waals surface area contributed by atoms with Crippen LogP contribution in [0.4, 0.5) is 0 Å². The van der Waals surface area contributed by atoms with Crippen molar-refractivity contribution in [2.75, 3.05) is 13.7 Å². The number of amides is 1. The summed E-state index contributed by atoms with van der Waals surface area (Å²) in [6.45, 7) is 2.40. The van der Waals surface area contributed by atoms with E-state index in [9.17, 15) is 4.79 Å². The van der Waals surface area contributed by atoms with E-state index in [4.69, 9.17) is 4.74 Å². The van der Waals surface area contributed by atoms with Crippen LogP contribution in [-0.4, -0.2) is 29.5 Å². The van der Waals surface area contributed by atoms with Crippen LogP contribution < -0.4 is 10.1 Å². The Morgan fingerprint density at radius 3 is 2.73 bits per heavy atom. The van der Waals surface area contributed by atoms with E-state index in [1.54, 1.807) is 25.5 Å². The molecule has 1 aromatic rings. The molecule has 1 rings (SSSR count). The van der Waals surface area contributed by atoms with Crippen LogP contribution in [0.5, 0.6) is 6.01 Å². The number of nitrogens with zero attached hydrogens (tertiary/aromatic N) is 2. The van der Waals surface area contributed by atoms with Gasteiger partial charge in [0.2, 0.25) is 5.91 Å². The third kappa shape index (κ3) is 3.76. The summed E-state index contributed by atoms with van der Waals surface area (Å²) < 4.78 is 5.08. The number of ether oxygens (including phenoxy) is 1. The highest BCUT2D eigenvalue weighted by Gasteiger charge is 1.95. The molecule has 1 amide bonds. The number of nitrogens with one attached hydrogen (secondary N) is 1. The van der Waals surface area contributed by atoms with Gasteiger partial charge in [-0.1, -0.05) is 0 Å². The van der Waals surface area contributed by atoms with E-state index in [0.29, 0.717) is 12.6 Å². The normalized spacial score (nSPS) is 10.3. The number of hydrogen-bond donors (Lipinski definition) is 1. The van der Waals surface area contributed by atoms with Crippen LogP contribution in [0.15, 0.2) is 18.5 Å². The third-order valence-corrected chi connectivity index (χ3v) is 1.60. The first-order valence-corrected chi connectivity index (χ1v) is 4.61. The molecule has 1 N–H and O–H groups in total. The van der Waals surface area contributed by atoms with E-state index in [-0.39, 0.29) is 5.91 Å². The largest absolute Gasteiger partial charge is 0.464 e. The molecule has 5 heteroatoms. The molecule has 1 aromatic heterocycles. The van der Waals surface area contributed by atoms with Gasteiger partial charge in [-0.3, -0.25) is 4.79 Å². The number of hydrogen-bond acceptors (Lipinski definition) is 4. The molecule has 0 aliphatic heterocycles. The number of carbonyl (C=O) groups is 1. The summed E-state index contributed by atoms with van der Waals surface area (Å²) >= 11 is 0. The zero-order valence-electron chi connectivity index (χ0n) is 8.73. The van der Waals surface area contributed by atoms with E-state index >= 15 is 0 Å². The summed E-state index contributed by atoms with van der Waals surface area (Å²) in [6.07, 6.45) is 6.24. The van der Waals surface area contributed by atoms with Crippen LogP contribution in [-0.2, 0) is 4.79 Å². The molecule has 0 bridgehead atoms. The summed E-state index contributed by atoms with van der Waals surface area (Å²) in [6, 6.07) is 0.342. The fourth-order valence-corrected chi connectivity index (χ4v) is 0.871. The molecular weight excluding hydrogens is 194 g/mol. The van der Waals surface area contributed by atoms with E-state index in [1.807, 2.05) is 6.92 Å². The van der Waals surface area contributed by atoms with Gasteiger partial charge in [0.1, 0.15) is 0 Å². The summed E-state index contributed by atoms with van der Waals surface area (Å²) in [5.74, 6) is -0.163. The second-order valence-corrected chi connectivity index (χ2v) is 2.68. The molecule has 0 unspecified atom stereocenters. The molecule has 1 heterocycles. The minimum Gasteiger partial charge on any atom is -0.464 e. The maximum atomic E-state index is 10.9. The van der Waals surface area contributed by atoms with Crippen LogP contribution in [0.1, 0.15) is 12.5 Å². The molecule has 0 atom stereocenters. The number of likely N-dealkylation sites (N-methyl/N-ethyl adjacent to an activating group) is 1. The average Bonchev–Trinajstić information content (AvgIpc) is 2.28. The lowest BCUT2D eigenvalue weighted by Crippen LogP contribution is -2.13. The highest BCUT2D eigenvalue weighted by Crippen LogP contribution is 2.03. The smallest absolute Gasteiger partial charge is 0.316 e. The van der Waals surface area contributed by atoms with Gasteiger partial charge in [-0.15, -0.1) is 0 Å². The predicted molar refractivity (Wildman–Crippen MR) is 56.3 cm³/mol. The lowest BCUT2D eigenvalue weighted by atomic mass is 10.3. The number of carbonyl (C=O) groups excluding carboxylic acids is 1. The highest BCUT2D eigenvalue weighted by molar-refractivity contribution is 5.91. The lowest BCUT2D eigenvalue weighted by molar-refractivity contribution is -0.115. The fourth-order valence-electron chi connectivity index (χ4n) is 0.871. The minimum absolute atomic E-state index is 0.163. The van der Waals surface area contributed by atoms with E-state index in [2.05, 4.69) is 15.3 Å². The van der Waals surface area contributed by atoms with Crippen LogP contribution in [0.3, 0.4) is 0 Å². The van der Waals surface area contributed by atoms with E-state index < -0.39 is 0 Å². The first-order chi connectivity index (χ1) is 7.26. The van der Waals surface area contributed by atoms with Crippen LogP contribution >= 0.6 is 0 Å². The second-order valence-electron chi connectivity index (χ2n) is 2.68. The van der Waals surface area contributed by atoms with Crippen LogP contribution in [0.2, 0.25) is 0 Å². The molecule has 0 fully saturated rings. The van der Waals surface area contributed by atoms with E-state index in [0.717, 1.165) is 5.56 Å². The average molecular weight is 207 g/mol. The van der Waals surface area contributed by atoms with Gasteiger partial charge < -0.3 is 10.1 Å². The molecule has 5 nitrogen and oxygen atoms in total. The van der Waals surface area contributed by atoms with Gasteiger partial charge in [-0.2, -0.15) is 0 Å². The first kappa shape index (κ1) is 11.2. The summed E-state index contributed by atoms with van der Waals surface area (Å²) in [5, 5.41) is 2.48. The van der Waals surface area contributed by atoms with Gasteiger partial charge in [-0.05, 0) is 13.0 Å². The van der Waals surface area contributed by atoms with Gasteiger partial charge in [0.25, 0.3) is 0 Å². The van der Waals surface area contributed by atoms with Crippen molar-refractivity contribution in [2.24, 2.45) is 0 Å². The number of aromatic nitrogens is 2. The zero-order valence-corrected chi connectivity index (χ0v) is 8.73. The van der Waals surface area contributed by atoms with Crippen LogP contribution in [0, 0.1) is 0 Å². The van der Waals surface area contributed by atoms with Gasteiger partial charge in [0, 0.05) is 31.1 Å². The predicted octanol–water partition coefficient (Wildman–Crippen LogP) is 0.634. The van der Waals surface area contributed by atoms with Crippen molar-refractivity contribution >= 4 is 12.0 Å². The Balaban J connectivity index is 2.64. The number of rotatable bonds is 4. The SMILES string of the molecule is CCOc1ncc(/C=C/C(=O)NC)cn1. The summed E-state index contributed by atoms with van der Waals surface area (Å²) in [7, 11) is 1.57. The summed E-state index contributed by atoms with van der Waals surface area (Å²) in [4.78, 5) is 18.8. The van der Waals surface area contributed by atoms with Crippen LogP contribution in [0.25, 0.3) is 6.08 Å². The molecule has 0 saturated carbocycles.